The highest BCUT2D eigenvalue weighted by molar-refractivity contribution is 6.34. The Bertz CT molecular complexity index is 461. The first-order chi connectivity index (χ1) is 9.32. The lowest BCUT2D eigenvalue weighted by molar-refractivity contribution is 0.0697. The highest BCUT2D eigenvalue weighted by atomic mass is 35.5. The number of hydrogen-bond donors (Lipinski definition) is 1. The Labute approximate surface area is 125 Å². The van der Waals surface area contributed by atoms with Crippen molar-refractivity contribution < 1.29 is 9.90 Å². The first-order valence-corrected chi connectivity index (χ1v) is 7.12. The fourth-order valence-electron chi connectivity index (χ4n) is 2.07. The Balaban J connectivity index is 3.14. The van der Waals surface area contributed by atoms with Gasteiger partial charge in [0.25, 0.3) is 0 Å². The SMILES string of the molecule is CC(C)CN(CCN(C)C)c1c(Cl)cccc1C(=O)O. The second kappa shape index (κ2) is 7.50. The molecule has 0 radical (unpaired) electrons. The van der Waals surface area contributed by atoms with Crippen LogP contribution in [0.5, 0.6) is 0 Å². The van der Waals surface area contributed by atoms with E-state index in [0.29, 0.717) is 16.6 Å². The molecule has 0 unspecified atom stereocenters. The molecule has 0 amide bonds. The minimum Gasteiger partial charge on any atom is -0.478 e. The van der Waals surface area contributed by atoms with Crippen molar-refractivity contribution in [1.29, 1.82) is 0 Å². The number of hydrogen-bond acceptors (Lipinski definition) is 3. The number of aromatic carboxylic acids is 1. The van der Waals surface area contributed by atoms with Crippen molar-refractivity contribution in [1.82, 2.24) is 4.90 Å². The van der Waals surface area contributed by atoms with E-state index in [1.54, 1.807) is 18.2 Å². The largest absolute Gasteiger partial charge is 0.478 e. The van der Waals surface area contributed by atoms with Gasteiger partial charge in [0.05, 0.1) is 16.3 Å². The predicted molar refractivity (Wildman–Crippen MR) is 84.0 cm³/mol. The predicted octanol–water partition coefficient (Wildman–Crippen LogP) is 3.06. The molecule has 4 nitrogen and oxygen atoms in total. The van der Waals surface area contributed by atoms with Crippen LogP contribution < -0.4 is 4.90 Å². The van der Waals surface area contributed by atoms with E-state index in [9.17, 15) is 9.90 Å². The lowest BCUT2D eigenvalue weighted by Gasteiger charge is -2.30. The van der Waals surface area contributed by atoms with E-state index in [-0.39, 0.29) is 5.56 Å². The zero-order valence-corrected chi connectivity index (χ0v) is 13.3. The molecule has 20 heavy (non-hydrogen) atoms. The molecule has 0 aliphatic carbocycles. The first kappa shape index (κ1) is 16.8. The zero-order chi connectivity index (χ0) is 15.3. The van der Waals surface area contributed by atoms with Gasteiger partial charge in [-0.1, -0.05) is 31.5 Å². The molecule has 0 aromatic heterocycles. The first-order valence-electron chi connectivity index (χ1n) is 6.74. The highest BCUT2D eigenvalue weighted by Gasteiger charge is 2.20. The van der Waals surface area contributed by atoms with Gasteiger partial charge in [-0.15, -0.1) is 0 Å². The second-order valence-electron chi connectivity index (χ2n) is 5.58. The van der Waals surface area contributed by atoms with E-state index in [2.05, 4.69) is 23.6 Å². The van der Waals surface area contributed by atoms with E-state index in [4.69, 9.17) is 11.6 Å². The summed E-state index contributed by atoms with van der Waals surface area (Å²) in [5.41, 5.74) is 0.883. The van der Waals surface area contributed by atoms with Gasteiger partial charge in [-0.05, 0) is 32.1 Å². The lowest BCUT2D eigenvalue weighted by atomic mass is 10.1. The Morgan fingerprint density at radius 3 is 2.45 bits per heavy atom. The normalized spacial score (nSPS) is 11.2. The van der Waals surface area contributed by atoms with E-state index in [1.165, 1.54) is 0 Å². The minimum atomic E-state index is -0.943. The Morgan fingerprint density at radius 2 is 1.95 bits per heavy atom. The Kier molecular flexibility index (Phi) is 6.30. The van der Waals surface area contributed by atoms with Gasteiger partial charge in [0.15, 0.2) is 0 Å². The van der Waals surface area contributed by atoms with E-state index in [0.717, 1.165) is 19.6 Å². The zero-order valence-electron chi connectivity index (χ0n) is 12.6. The fourth-order valence-corrected chi connectivity index (χ4v) is 2.36. The number of nitrogens with zero attached hydrogens (tertiary/aromatic N) is 2. The number of carbonyl (C=O) groups is 1. The van der Waals surface area contributed by atoms with Gasteiger partial charge in [-0.2, -0.15) is 0 Å². The summed E-state index contributed by atoms with van der Waals surface area (Å²) in [7, 11) is 4.00. The van der Waals surface area contributed by atoms with Crippen molar-refractivity contribution in [2.75, 3.05) is 38.6 Å². The van der Waals surface area contributed by atoms with Gasteiger partial charge < -0.3 is 14.9 Å². The van der Waals surface area contributed by atoms with Gasteiger partial charge in [0, 0.05) is 19.6 Å². The van der Waals surface area contributed by atoms with Crippen LogP contribution >= 0.6 is 11.6 Å². The Hall–Kier alpha value is -1.26. The molecule has 0 saturated carbocycles. The number of carboxylic acids is 1. The van der Waals surface area contributed by atoms with Crippen LogP contribution in [0.1, 0.15) is 24.2 Å². The average Bonchev–Trinajstić information content (AvgIpc) is 2.33. The van der Waals surface area contributed by atoms with Gasteiger partial charge in [-0.25, -0.2) is 4.79 Å². The van der Waals surface area contributed by atoms with Crippen LogP contribution in [0.4, 0.5) is 5.69 Å². The summed E-state index contributed by atoms with van der Waals surface area (Å²) < 4.78 is 0. The molecule has 0 aliphatic heterocycles. The number of rotatable bonds is 7. The second-order valence-corrected chi connectivity index (χ2v) is 5.99. The molecular formula is C15H23ClN2O2. The van der Waals surface area contributed by atoms with Crippen LogP contribution in [-0.2, 0) is 0 Å². The minimum absolute atomic E-state index is 0.261. The van der Waals surface area contributed by atoms with Crippen molar-refractivity contribution in [3.8, 4) is 0 Å². The van der Waals surface area contributed by atoms with Gasteiger partial charge in [-0.3, -0.25) is 0 Å². The van der Waals surface area contributed by atoms with Crippen LogP contribution in [0, 0.1) is 5.92 Å². The molecule has 0 atom stereocenters. The molecule has 0 bridgehead atoms. The summed E-state index contributed by atoms with van der Waals surface area (Å²) in [6.45, 7) is 6.59. The van der Waals surface area contributed by atoms with Gasteiger partial charge >= 0.3 is 5.97 Å². The monoisotopic (exact) mass is 298 g/mol. The van der Waals surface area contributed by atoms with E-state index in [1.807, 2.05) is 14.1 Å². The van der Waals surface area contributed by atoms with Crippen LogP contribution in [0.15, 0.2) is 18.2 Å². The van der Waals surface area contributed by atoms with Crippen LogP contribution in [0.2, 0.25) is 5.02 Å². The highest BCUT2D eigenvalue weighted by Crippen LogP contribution is 2.30. The van der Waals surface area contributed by atoms with Crippen LogP contribution in [-0.4, -0.2) is 49.7 Å². The van der Waals surface area contributed by atoms with Crippen molar-refractivity contribution in [2.24, 2.45) is 5.92 Å². The van der Waals surface area contributed by atoms with Crippen molar-refractivity contribution >= 4 is 23.3 Å². The molecule has 1 aromatic carbocycles. The summed E-state index contributed by atoms with van der Waals surface area (Å²) in [5.74, 6) is -0.517. The Morgan fingerprint density at radius 1 is 1.30 bits per heavy atom. The molecule has 0 aliphatic rings. The molecular weight excluding hydrogens is 276 g/mol. The smallest absolute Gasteiger partial charge is 0.337 e. The number of anilines is 1. The van der Waals surface area contributed by atoms with Crippen molar-refractivity contribution in [3.05, 3.63) is 28.8 Å². The molecule has 1 N–H and O–H groups in total. The average molecular weight is 299 g/mol. The van der Waals surface area contributed by atoms with E-state index >= 15 is 0 Å². The summed E-state index contributed by atoms with van der Waals surface area (Å²) in [6.07, 6.45) is 0. The fraction of sp³-hybridized carbons (Fsp3) is 0.533. The van der Waals surface area contributed by atoms with Crippen molar-refractivity contribution in [3.63, 3.8) is 0 Å². The maximum atomic E-state index is 11.4. The lowest BCUT2D eigenvalue weighted by Crippen LogP contribution is -2.35. The standard InChI is InChI=1S/C15H23ClN2O2/c1-11(2)10-18(9-8-17(3)4)14-12(15(19)20)6-5-7-13(14)16/h5-7,11H,8-10H2,1-4H3,(H,19,20). The molecule has 1 aromatic rings. The van der Waals surface area contributed by atoms with Crippen LogP contribution in [0.25, 0.3) is 0 Å². The maximum absolute atomic E-state index is 11.4. The number of para-hydroxylation sites is 1. The summed E-state index contributed by atoms with van der Waals surface area (Å²) in [5, 5.41) is 9.84. The molecule has 112 valence electrons. The summed E-state index contributed by atoms with van der Waals surface area (Å²) in [6, 6.07) is 5.02. The summed E-state index contributed by atoms with van der Waals surface area (Å²) in [4.78, 5) is 15.5. The third kappa shape index (κ3) is 4.69. The quantitative estimate of drug-likeness (QED) is 0.840. The molecule has 0 saturated heterocycles. The van der Waals surface area contributed by atoms with Crippen LogP contribution in [0.3, 0.4) is 0 Å². The number of carboxylic acid groups (broad SMARTS) is 1. The number of halogens is 1. The molecule has 5 heteroatoms. The van der Waals surface area contributed by atoms with E-state index < -0.39 is 5.97 Å². The summed E-state index contributed by atoms with van der Waals surface area (Å²) >= 11 is 6.25. The number of benzene rings is 1. The molecule has 0 spiro atoms. The third-order valence-corrected chi connectivity index (χ3v) is 3.24. The topological polar surface area (TPSA) is 43.8 Å². The molecule has 0 heterocycles. The third-order valence-electron chi connectivity index (χ3n) is 2.94. The van der Waals surface area contributed by atoms with Crippen molar-refractivity contribution in [2.45, 2.75) is 13.8 Å². The van der Waals surface area contributed by atoms with Gasteiger partial charge in [0.2, 0.25) is 0 Å². The molecule has 0 fully saturated rings. The van der Waals surface area contributed by atoms with Gasteiger partial charge in [0.1, 0.15) is 0 Å². The molecule has 1 rings (SSSR count). The maximum Gasteiger partial charge on any atom is 0.337 e. The number of likely N-dealkylation sites (N-methyl/N-ethyl adjacent to an activating group) is 1.